The second-order valence-corrected chi connectivity index (χ2v) is 4.65. The molecule has 0 bridgehead atoms. The van der Waals surface area contributed by atoms with Gasteiger partial charge >= 0.3 is 0 Å². The SMILES string of the molecule is CCCn1ccnc(NCCc2cscn2)c1=O. The zero-order chi connectivity index (χ0) is 12.8. The zero-order valence-electron chi connectivity index (χ0n) is 10.3. The molecule has 1 N–H and O–H groups in total. The van der Waals surface area contributed by atoms with Crippen LogP contribution in [-0.4, -0.2) is 21.1 Å². The summed E-state index contributed by atoms with van der Waals surface area (Å²) in [5.41, 5.74) is 2.79. The van der Waals surface area contributed by atoms with Crippen LogP contribution < -0.4 is 10.9 Å². The molecule has 6 heteroatoms. The van der Waals surface area contributed by atoms with Crippen LogP contribution in [0.15, 0.2) is 28.1 Å². The van der Waals surface area contributed by atoms with E-state index in [1.54, 1.807) is 28.3 Å². The van der Waals surface area contributed by atoms with Crippen LogP contribution in [0.25, 0.3) is 0 Å². The standard InChI is InChI=1S/C12H16N4OS/c1-2-6-16-7-5-14-11(12(16)17)13-4-3-10-8-18-9-15-10/h5,7-9H,2-4,6H2,1H3,(H,13,14). The molecular formula is C12H16N4OS. The van der Waals surface area contributed by atoms with Gasteiger partial charge in [0.25, 0.3) is 5.56 Å². The van der Waals surface area contributed by atoms with E-state index in [4.69, 9.17) is 0 Å². The van der Waals surface area contributed by atoms with Gasteiger partial charge in [-0.05, 0) is 6.42 Å². The Morgan fingerprint density at radius 1 is 1.44 bits per heavy atom. The fraction of sp³-hybridized carbons (Fsp3) is 0.417. The van der Waals surface area contributed by atoms with Crippen LogP contribution in [0.2, 0.25) is 0 Å². The molecule has 0 aliphatic carbocycles. The largest absolute Gasteiger partial charge is 0.365 e. The minimum atomic E-state index is -0.0578. The molecule has 5 nitrogen and oxygen atoms in total. The van der Waals surface area contributed by atoms with E-state index in [-0.39, 0.29) is 5.56 Å². The van der Waals surface area contributed by atoms with Gasteiger partial charge in [-0.25, -0.2) is 9.97 Å². The van der Waals surface area contributed by atoms with E-state index in [1.165, 1.54) is 0 Å². The van der Waals surface area contributed by atoms with Gasteiger partial charge < -0.3 is 9.88 Å². The number of anilines is 1. The number of nitrogens with one attached hydrogen (secondary N) is 1. The fourth-order valence-corrected chi connectivity index (χ4v) is 2.25. The molecule has 0 radical (unpaired) electrons. The van der Waals surface area contributed by atoms with E-state index in [0.717, 1.165) is 25.1 Å². The summed E-state index contributed by atoms with van der Waals surface area (Å²) in [5.74, 6) is 0.418. The van der Waals surface area contributed by atoms with Crippen LogP contribution in [-0.2, 0) is 13.0 Å². The Morgan fingerprint density at radius 2 is 2.33 bits per heavy atom. The molecule has 0 spiro atoms. The smallest absolute Gasteiger partial charge is 0.293 e. The Hall–Kier alpha value is -1.69. The van der Waals surface area contributed by atoms with Gasteiger partial charge in [-0.1, -0.05) is 6.92 Å². The Kier molecular flexibility index (Phi) is 4.46. The summed E-state index contributed by atoms with van der Waals surface area (Å²) in [6, 6.07) is 0. The lowest BCUT2D eigenvalue weighted by molar-refractivity contribution is 0.649. The number of aryl methyl sites for hydroxylation is 1. The topological polar surface area (TPSA) is 59.8 Å². The van der Waals surface area contributed by atoms with Gasteiger partial charge in [-0.15, -0.1) is 11.3 Å². The van der Waals surface area contributed by atoms with Crippen molar-refractivity contribution in [2.75, 3.05) is 11.9 Å². The highest BCUT2D eigenvalue weighted by Gasteiger charge is 2.03. The summed E-state index contributed by atoms with van der Waals surface area (Å²) >= 11 is 1.58. The van der Waals surface area contributed by atoms with Gasteiger partial charge in [0.2, 0.25) is 0 Å². The third-order valence-electron chi connectivity index (χ3n) is 2.54. The van der Waals surface area contributed by atoms with Crippen molar-refractivity contribution in [3.8, 4) is 0 Å². The lowest BCUT2D eigenvalue weighted by atomic mass is 10.3. The van der Waals surface area contributed by atoms with Crippen LogP contribution in [0, 0.1) is 0 Å². The molecule has 0 fully saturated rings. The van der Waals surface area contributed by atoms with Gasteiger partial charge in [0, 0.05) is 37.3 Å². The highest BCUT2D eigenvalue weighted by atomic mass is 32.1. The third kappa shape index (κ3) is 3.16. The minimum Gasteiger partial charge on any atom is -0.365 e. The van der Waals surface area contributed by atoms with Gasteiger partial charge in [-0.3, -0.25) is 4.79 Å². The van der Waals surface area contributed by atoms with E-state index in [1.807, 2.05) is 17.8 Å². The number of aromatic nitrogens is 3. The summed E-state index contributed by atoms with van der Waals surface area (Å²) in [4.78, 5) is 20.2. The maximum absolute atomic E-state index is 12.0. The molecule has 2 aromatic heterocycles. The maximum atomic E-state index is 12.0. The molecule has 0 aromatic carbocycles. The zero-order valence-corrected chi connectivity index (χ0v) is 11.1. The van der Waals surface area contributed by atoms with E-state index in [0.29, 0.717) is 12.4 Å². The van der Waals surface area contributed by atoms with Crippen molar-refractivity contribution in [1.82, 2.24) is 14.5 Å². The van der Waals surface area contributed by atoms with Crippen molar-refractivity contribution in [2.45, 2.75) is 26.3 Å². The van der Waals surface area contributed by atoms with Gasteiger partial charge in [0.1, 0.15) is 0 Å². The normalized spacial score (nSPS) is 10.5. The van der Waals surface area contributed by atoms with E-state index < -0.39 is 0 Å². The van der Waals surface area contributed by atoms with Crippen molar-refractivity contribution in [3.63, 3.8) is 0 Å². The average Bonchev–Trinajstić information content (AvgIpc) is 2.87. The number of hydrogen-bond donors (Lipinski definition) is 1. The Bertz CT molecular complexity index is 535. The molecule has 2 rings (SSSR count). The second-order valence-electron chi connectivity index (χ2n) is 3.93. The van der Waals surface area contributed by atoms with E-state index in [2.05, 4.69) is 15.3 Å². The monoisotopic (exact) mass is 264 g/mol. The first-order valence-corrected chi connectivity index (χ1v) is 6.92. The molecule has 0 amide bonds. The summed E-state index contributed by atoms with van der Waals surface area (Å²) in [6.45, 7) is 3.44. The predicted octanol–water partition coefficient (Wildman–Crippen LogP) is 1.76. The van der Waals surface area contributed by atoms with Crippen molar-refractivity contribution in [1.29, 1.82) is 0 Å². The first-order valence-electron chi connectivity index (χ1n) is 5.97. The summed E-state index contributed by atoms with van der Waals surface area (Å²) in [5, 5.41) is 5.08. The van der Waals surface area contributed by atoms with Gasteiger partial charge in [0.05, 0.1) is 11.2 Å². The number of hydrogen-bond acceptors (Lipinski definition) is 5. The predicted molar refractivity (Wildman–Crippen MR) is 73.1 cm³/mol. The molecule has 0 unspecified atom stereocenters. The summed E-state index contributed by atoms with van der Waals surface area (Å²) in [6.07, 6.45) is 5.11. The van der Waals surface area contributed by atoms with E-state index in [9.17, 15) is 4.79 Å². The van der Waals surface area contributed by atoms with Crippen LogP contribution in [0.3, 0.4) is 0 Å². The fourth-order valence-electron chi connectivity index (χ4n) is 1.66. The van der Waals surface area contributed by atoms with Crippen molar-refractivity contribution >= 4 is 17.2 Å². The molecular weight excluding hydrogens is 248 g/mol. The first kappa shape index (κ1) is 12.8. The van der Waals surface area contributed by atoms with Crippen LogP contribution in [0.5, 0.6) is 0 Å². The van der Waals surface area contributed by atoms with Crippen molar-refractivity contribution < 1.29 is 0 Å². The molecule has 2 heterocycles. The lowest BCUT2D eigenvalue weighted by Crippen LogP contribution is -2.25. The van der Waals surface area contributed by atoms with Crippen molar-refractivity contribution in [3.05, 3.63) is 39.3 Å². The van der Waals surface area contributed by atoms with Crippen LogP contribution >= 0.6 is 11.3 Å². The molecule has 0 aliphatic heterocycles. The third-order valence-corrected chi connectivity index (χ3v) is 3.17. The Balaban J connectivity index is 1.97. The average molecular weight is 264 g/mol. The van der Waals surface area contributed by atoms with E-state index >= 15 is 0 Å². The molecule has 18 heavy (non-hydrogen) atoms. The second kappa shape index (κ2) is 6.30. The van der Waals surface area contributed by atoms with Gasteiger partial charge in [-0.2, -0.15) is 0 Å². The quantitative estimate of drug-likeness (QED) is 0.863. The summed E-state index contributed by atoms with van der Waals surface area (Å²) < 4.78 is 1.68. The molecule has 0 aliphatic rings. The van der Waals surface area contributed by atoms with Crippen LogP contribution in [0.4, 0.5) is 5.82 Å². The molecule has 0 atom stereocenters. The number of rotatable bonds is 6. The van der Waals surface area contributed by atoms with Crippen molar-refractivity contribution in [2.24, 2.45) is 0 Å². The minimum absolute atomic E-state index is 0.0578. The van der Waals surface area contributed by atoms with Gasteiger partial charge in [0.15, 0.2) is 5.82 Å². The molecule has 2 aromatic rings. The molecule has 0 saturated carbocycles. The molecule has 96 valence electrons. The highest BCUT2D eigenvalue weighted by Crippen LogP contribution is 2.02. The highest BCUT2D eigenvalue weighted by molar-refractivity contribution is 7.07. The number of thiazole rings is 1. The van der Waals surface area contributed by atoms with Crippen LogP contribution in [0.1, 0.15) is 19.0 Å². The molecule has 0 saturated heterocycles. The first-order chi connectivity index (χ1) is 8.81. The lowest BCUT2D eigenvalue weighted by Gasteiger charge is -2.07. The Labute approximate surface area is 110 Å². The summed E-state index contributed by atoms with van der Waals surface area (Å²) in [7, 11) is 0. The number of nitrogens with zero attached hydrogens (tertiary/aromatic N) is 3. The Morgan fingerprint density at radius 3 is 3.06 bits per heavy atom. The maximum Gasteiger partial charge on any atom is 0.293 e.